The first-order chi connectivity index (χ1) is 13.6. The Labute approximate surface area is 170 Å². The highest BCUT2D eigenvalue weighted by Crippen LogP contribution is 2.17. The quantitative estimate of drug-likeness (QED) is 0.550. The Morgan fingerprint density at radius 1 is 1.17 bits per heavy atom. The molecular formula is C21H28N4O4. The predicted octanol–water partition coefficient (Wildman–Crippen LogP) is 1.51. The number of primary amides is 1. The Balaban J connectivity index is 2.13. The van der Waals surface area contributed by atoms with Crippen LogP contribution >= 0.6 is 0 Å². The second-order valence-electron chi connectivity index (χ2n) is 7.91. The van der Waals surface area contributed by atoms with Crippen molar-refractivity contribution < 1.29 is 19.1 Å². The zero-order valence-corrected chi connectivity index (χ0v) is 17.0. The van der Waals surface area contributed by atoms with Gasteiger partial charge in [0.2, 0.25) is 11.8 Å². The van der Waals surface area contributed by atoms with Crippen molar-refractivity contribution in [3.63, 3.8) is 0 Å². The maximum Gasteiger partial charge on any atom is 0.307 e. The molecule has 0 fully saturated rings. The van der Waals surface area contributed by atoms with Gasteiger partial charge in [-0.15, -0.1) is 0 Å². The Kier molecular flexibility index (Phi) is 7.52. The fourth-order valence-electron chi connectivity index (χ4n) is 2.86. The van der Waals surface area contributed by atoms with Gasteiger partial charge in [0.1, 0.15) is 11.6 Å². The van der Waals surface area contributed by atoms with Gasteiger partial charge in [-0.25, -0.2) is 4.98 Å². The molecule has 8 nitrogen and oxygen atoms in total. The summed E-state index contributed by atoms with van der Waals surface area (Å²) in [4.78, 5) is 44.0. The molecule has 4 N–H and O–H groups in total. The molecule has 2 aromatic rings. The summed E-state index contributed by atoms with van der Waals surface area (Å²) in [6.45, 7) is 5.30. The van der Waals surface area contributed by atoms with Crippen molar-refractivity contribution in [2.75, 3.05) is 0 Å². The van der Waals surface area contributed by atoms with Crippen molar-refractivity contribution in [3.05, 3.63) is 54.1 Å². The van der Waals surface area contributed by atoms with Gasteiger partial charge < -0.3 is 20.8 Å². The topological polar surface area (TPSA) is 127 Å². The number of nitrogens with one attached hydrogen (secondary N) is 2. The van der Waals surface area contributed by atoms with E-state index in [9.17, 15) is 14.4 Å². The standard InChI is InChI=1S/C21H28N4O4/c1-21(2,3)29-18(26)10-15(9-14-7-5-4-6-8-14)20(28)25-17(19(22)27)11-16-12-23-13-24-16/h4-8,12-13,15,17H,9-11H2,1-3H3,(H2,22,27)(H,23,24)(H,25,28). The summed E-state index contributed by atoms with van der Waals surface area (Å²) in [6.07, 6.45) is 3.50. The van der Waals surface area contributed by atoms with Crippen molar-refractivity contribution in [1.82, 2.24) is 15.3 Å². The number of ether oxygens (including phenoxy) is 1. The number of hydrogen-bond donors (Lipinski definition) is 3. The molecule has 29 heavy (non-hydrogen) atoms. The summed E-state index contributed by atoms with van der Waals surface area (Å²) in [5.74, 6) is -2.28. The average molecular weight is 400 g/mol. The number of aromatic amines is 1. The van der Waals surface area contributed by atoms with Crippen LogP contribution in [0.1, 0.15) is 38.4 Å². The smallest absolute Gasteiger partial charge is 0.307 e. The maximum atomic E-state index is 12.9. The van der Waals surface area contributed by atoms with Gasteiger partial charge in [0.15, 0.2) is 0 Å². The largest absolute Gasteiger partial charge is 0.460 e. The number of imidazole rings is 1. The van der Waals surface area contributed by atoms with Crippen LogP contribution in [0.4, 0.5) is 0 Å². The summed E-state index contributed by atoms with van der Waals surface area (Å²) in [7, 11) is 0. The van der Waals surface area contributed by atoms with Crippen LogP contribution in [0.25, 0.3) is 0 Å². The minimum absolute atomic E-state index is 0.105. The number of rotatable bonds is 9. The number of aromatic nitrogens is 2. The van der Waals surface area contributed by atoms with Crippen LogP contribution in [-0.4, -0.2) is 39.4 Å². The van der Waals surface area contributed by atoms with Gasteiger partial charge in [-0.2, -0.15) is 0 Å². The molecule has 0 radical (unpaired) electrons. The number of nitrogens with two attached hydrogens (primary N) is 1. The van der Waals surface area contributed by atoms with E-state index in [-0.39, 0.29) is 12.8 Å². The molecule has 1 aromatic heterocycles. The third-order valence-electron chi connectivity index (χ3n) is 4.16. The first-order valence-electron chi connectivity index (χ1n) is 9.47. The van der Waals surface area contributed by atoms with Gasteiger partial charge in [-0.1, -0.05) is 30.3 Å². The van der Waals surface area contributed by atoms with Crippen molar-refractivity contribution in [1.29, 1.82) is 0 Å². The van der Waals surface area contributed by atoms with Crippen molar-refractivity contribution >= 4 is 17.8 Å². The molecule has 0 saturated heterocycles. The van der Waals surface area contributed by atoms with Gasteiger partial charge in [0.05, 0.1) is 24.4 Å². The van der Waals surface area contributed by atoms with Crippen LogP contribution in [0.2, 0.25) is 0 Å². The molecular weight excluding hydrogens is 372 g/mol. The molecule has 0 aliphatic carbocycles. The molecule has 8 heteroatoms. The number of carbonyl (C=O) groups excluding carboxylic acids is 3. The van der Waals surface area contributed by atoms with Crippen LogP contribution in [-0.2, 0) is 32.0 Å². The third kappa shape index (κ3) is 7.77. The van der Waals surface area contributed by atoms with E-state index < -0.39 is 35.3 Å². The molecule has 2 rings (SSSR count). The number of hydrogen-bond acceptors (Lipinski definition) is 5. The van der Waals surface area contributed by atoms with Crippen LogP contribution < -0.4 is 11.1 Å². The molecule has 1 aromatic carbocycles. The average Bonchev–Trinajstić information content (AvgIpc) is 3.13. The predicted molar refractivity (Wildman–Crippen MR) is 108 cm³/mol. The van der Waals surface area contributed by atoms with E-state index in [4.69, 9.17) is 10.5 Å². The molecule has 0 saturated carbocycles. The van der Waals surface area contributed by atoms with Crippen molar-refractivity contribution in [3.8, 4) is 0 Å². The van der Waals surface area contributed by atoms with Gasteiger partial charge in [-0.3, -0.25) is 14.4 Å². The third-order valence-corrected chi connectivity index (χ3v) is 4.16. The second-order valence-corrected chi connectivity index (χ2v) is 7.91. The van der Waals surface area contributed by atoms with E-state index in [2.05, 4.69) is 15.3 Å². The van der Waals surface area contributed by atoms with E-state index in [0.29, 0.717) is 12.1 Å². The number of benzene rings is 1. The van der Waals surface area contributed by atoms with Gasteiger partial charge in [-0.05, 0) is 32.8 Å². The van der Waals surface area contributed by atoms with E-state index in [1.807, 2.05) is 30.3 Å². The Morgan fingerprint density at radius 3 is 2.41 bits per heavy atom. The zero-order chi connectivity index (χ0) is 21.4. The van der Waals surface area contributed by atoms with Crippen molar-refractivity contribution in [2.45, 2.75) is 51.7 Å². The molecule has 2 amide bonds. The molecule has 0 spiro atoms. The van der Waals surface area contributed by atoms with Crippen molar-refractivity contribution in [2.24, 2.45) is 11.7 Å². The van der Waals surface area contributed by atoms with E-state index in [1.165, 1.54) is 6.33 Å². The minimum Gasteiger partial charge on any atom is -0.460 e. The lowest BCUT2D eigenvalue weighted by Gasteiger charge is -2.23. The molecule has 2 unspecified atom stereocenters. The molecule has 0 aliphatic rings. The molecule has 1 heterocycles. The highest BCUT2D eigenvalue weighted by atomic mass is 16.6. The lowest BCUT2D eigenvalue weighted by molar-refractivity contribution is -0.157. The summed E-state index contributed by atoms with van der Waals surface area (Å²) >= 11 is 0. The van der Waals surface area contributed by atoms with E-state index >= 15 is 0 Å². The van der Waals surface area contributed by atoms with Crippen LogP contribution in [0.3, 0.4) is 0 Å². The van der Waals surface area contributed by atoms with Gasteiger partial charge >= 0.3 is 5.97 Å². The first-order valence-corrected chi connectivity index (χ1v) is 9.47. The normalized spacial score (nSPS) is 13.3. The summed E-state index contributed by atoms with van der Waals surface area (Å²) in [5, 5.41) is 2.67. The zero-order valence-electron chi connectivity index (χ0n) is 17.0. The summed E-state index contributed by atoms with van der Waals surface area (Å²) in [6, 6.07) is 8.43. The van der Waals surface area contributed by atoms with Crippen LogP contribution in [0, 0.1) is 5.92 Å². The lowest BCUT2D eigenvalue weighted by atomic mass is 9.94. The number of carbonyl (C=O) groups is 3. The fraction of sp³-hybridized carbons (Fsp3) is 0.429. The first kappa shape index (κ1) is 22.1. The molecule has 0 aliphatic heterocycles. The van der Waals surface area contributed by atoms with Crippen LogP contribution in [0.5, 0.6) is 0 Å². The molecule has 156 valence electrons. The van der Waals surface area contributed by atoms with Crippen LogP contribution in [0.15, 0.2) is 42.9 Å². The number of amides is 2. The number of nitrogens with zero attached hydrogens (tertiary/aromatic N) is 1. The SMILES string of the molecule is CC(C)(C)OC(=O)CC(Cc1ccccc1)C(=O)NC(Cc1c[nH]cn1)C(N)=O. The summed E-state index contributed by atoms with van der Waals surface area (Å²) in [5.41, 5.74) is 6.30. The van der Waals surface area contributed by atoms with Gasteiger partial charge in [0.25, 0.3) is 0 Å². The Morgan fingerprint density at radius 2 is 1.86 bits per heavy atom. The highest BCUT2D eigenvalue weighted by molar-refractivity contribution is 5.89. The lowest BCUT2D eigenvalue weighted by Crippen LogP contribution is -2.48. The van der Waals surface area contributed by atoms with E-state index in [0.717, 1.165) is 5.56 Å². The van der Waals surface area contributed by atoms with E-state index in [1.54, 1.807) is 27.0 Å². The molecule has 0 bridgehead atoms. The number of H-pyrrole nitrogens is 1. The highest BCUT2D eigenvalue weighted by Gasteiger charge is 2.29. The Hall–Kier alpha value is -3.16. The summed E-state index contributed by atoms with van der Waals surface area (Å²) < 4.78 is 5.37. The molecule has 2 atom stereocenters. The minimum atomic E-state index is -0.928. The van der Waals surface area contributed by atoms with Gasteiger partial charge in [0, 0.05) is 12.6 Å². The Bertz CT molecular complexity index is 813. The second kappa shape index (κ2) is 9.86. The number of esters is 1. The maximum absolute atomic E-state index is 12.9. The fourth-order valence-corrected chi connectivity index (χ4v) is 2.86. The monoisotopic (exact) mass is 400 g/mol.